The number of rotatable bonds is 2. The van der Waals surface area contributed by atoms with Crippen LogP contribution >= 0.6 is 11.3 Å². The van der Waals surface area contributed by atoms with Crippen LogP contribution in [-0.2, 0) is 0 Å². The summed E-state index contributed by atoms with van der Waals surface area (Å²) in [7, 11) is 0. The van der Waals surface area contributed by atoms with E-state index in [1.54, 1.807) is 6.07 Å². The van der Waals surface area contributed by atoms with Crippen LogP contribution in [0.25, 0.3) is 11.1 Å². The molecule has 0 aromatic carbocycles. The second-order valence-electron chi connectivity index (χ2n) is 4.21. The van der Waals surface area contributed by atoms with E-state index in [1.165, 1.54) is 11.3 Å². The number of ketones is 1. The van der Waals surface area contributed by atoms with E-state index in [0.717, 1.165) is 21.7 Å². The van der Waals surface area contributed by atoms with Crippen LogP contribution in [0.4, 0.5) is 0 Å². The number of carbonyl (C=O) groups is 1. The highest BCUT2D eigenvalue weighted by Crippen LogP contribution is 2.24. The molecule has 3 aromatic heterocycles. The van der Waals surface area contributed by atoms with Crippen LogP contribution in [-0.4, -0.2) is 10.8 Å². The van der Waals surface area contributed by atoms with E-state index in [4.69, 9.17) is 4.42 Å². The van der Waals surface area contributed by atoms with Crippen LogP contribution in [0.5, 0.6) is 0 Å². The van der Waals surface area contributed by atoms with Crippen LogP contribution in [0.2, 0.25) is 0 Å². The number of thiophene rings is 1. The lowest BCUT2D eigenvalue weighted by atomic mass is 10.2. The van der Waals surface area contributed by atoms with Crippen molar-refractivity contribution in [2.45, 2.75) is 13.8 Å². The van der Waals surface area contributed by atoms with Crippen LogP contribution in [0.1, 0.15) is 26.7 Å². The smallest absolute Gasteiger partial charge is 0.238 e. The van der Waals surface area contributed by atoms with Gasteiger partial charge in [0.25, 0.3) is 0 Å². The van der Waals surface area contributed by atoms with Crippen molar-refractivity contribution >= 4 is 28.2 Å². The molecule has 90 valence electrons. The predicted octanol–water partition coefficient (Wildman–Crippen LogP) is 3.74. The molecule has 3 heterocycles. The maximum absolute atomic E-state index is 12.3. The second kappa shape index (κ2) is 4.07. The summed E-state index contributed by atoms with van der Waals surface area (Å²) >= 11 is 1.44. The molecule has 0 unspecified atom stereocenters. The first-order chi connectivity index (χ1) is 8.65. The molecule has 0 radical (unpaired) electrons. The molecule has 3 nitrogen and oxygen atoms in total. The highest BCUT2D eigenvalue weighted by atomic mass is 32.1. The van der Waals surface area contributed by atoms with Gasteiger partial charge in [-0.3, -0.25) is 4.79 Å². The third-order valence-electron chi connectivity index (χ3n) is 2.81. The maximum Gasteiger partial charge on any atom is 0.238 e. The Balaban J connectivity index is 2.10. The Morgan fingerprint density at radius 2 is 2.11 bits per heavy atom. The largest absolute Gasteiger partial charge is 0.451 e. The topological polar surface area (TPSA) is 43.1 Å². The number of hydrogen-bond donors (Lipinski definition) is 0. The molecular weight excluding hydrogens is 246 g/mol. The van der Waals surface area contributed by atoms with Crippen molar-refractivity contribution in [3.05, 3.63) is 51.5 Å². The van der Waals surface area contributed by atoms with Crippen LogP contribution in [0.15, 0.2) is 34.1 Å². The van der Waals surface area contributed by atoms with Crippen molar-refractivity contribution in [1.82, 2.24) is 4.98 Å². The first kappa shape index (κ1) is 11.2. The van der Waals surface area contributed by atoms with Crippen molar-refractivity contribution in [2.75, 3.05) is 0 Å². The quantitative estimate of drug-likeness (QED) is 0.657. The fourth-order valence-corrected chi connectivity index (χ4v) is 2.72. The van der Waals surface area contributed by atoms with Gasteiger partial charge in [-0.2, -0.15) is 0 Å². The summed E-state index contributed by atoms with van der Waals surface area (Å²) in [6.45, 7) is 3.84. The van der Waals surface area contributed by atoms with E-state index in [-0.39, 0.29) is 5.78 Å². The molecule has 0 saturated heterocycles. The zero-order chi connectivity index (χ0) is 12.7. The zero-order valence-electron chi connectivity index (χ0n) is 10.1. The Morgan fingerprint density at radius 1 is 1.28 bits per heavy atom. The number of fused-ring (bicyclic) bond motifs is 1. The van der Waals surface area contributed by atoms with Crippen LogP contribution in [0.3, 0.4) is 0 Å². The third-order valence-corrected chi connectivity index (χ3v) is 3.82. The minimum atomic E-state index is -0.0712. The average molecular weight is 257 g/mol. The fourth-order valence-electron chi connectivity index (χ4n) is 1.85. The van der Waals surface area contributed by atoms with Gasteiger partial charge in [-0.1, -0.05) is 0 Å². The number of nitrogens with zero attached hydrogens (tertiary/aromatic N) is 1. The van der Waals surface area contributed by atoms with Crippen molar-refractivity contribution in [2.24, 2.45) is 0 Å². The zero-order valence-corrected chi connectivity index (χ0v) is 10.9. The predicted molar refractivity (Wildman–Crippen MR) is 71.2 cm³/mol. The van der Waals surface area contributed by atoms with Gasteiger partial charge in [0.15, 0.2) is 11.3 Å². The number of aryl methyl sites for hydroxylation is 2. The van der Waals surface area contributed by atoms with Crippen molar-refractivity contribution in [3.8, 4) is 0 Å². The fraction of sp³-hybridized carbons (Fsp3) is 0.143. The average Bonchev–Trinajstić information content (AvgIpc) is 2.93. The number of furan rings is 1. The molecule has 3 aromatic rings. The molecule has 0 fully saturated rings. The molecule has 0 aliphatic rings. The lowest BCUT2D eigenvalue weighted by Crippen LogP contribution is -1.97. The Hall–Kier alpha value is -1.94. The van der Waals surface area contributed by atoms with Gasteiger partial charge >= 0.3 is 0 Å². The normalized spacial score (nSPS) is 11.0. The van der Waals surface area contributed by atoms with Crippen LogP contribution < -0.4 is 0 Å². The molecule has 0 atom stereocenters. The van der Waals surface area contributed by atoms with Gasteiger partial charge in [-0.05, 0) is 43.0 Å². The van der Waals surface area contributed by atoms with Crippen LogP contribution in [0, 0.1) is 13.8 Å². The summed E-state index contributed by atoms with van der Waals surface area (Å²) in [6.07, 6.45) is 0. The second-order valence-corrected chi connectivity index (χ2v) is 5.12. The molecular formula is C14H11NO2S. The van der Waals surface area contributed by atoms with E-state index >= 15 is 0 Å². The SMILES string of the molecule is Cc1ccc2oc(C(=O)c3sccc3C)cc2n1. The van der Waals surface area contributed by atoms with Gasteiger partial charge < -0.3 is 4.42 Å². The van der Waals surface area contributed by atoms with Crippen molar-refractivity contribution in [1.29, 1.82) is 0 Å². The Kier molecular flexibility index (Phi) is 2.52. The van der Waals surface area contributed by atoms with Gasteiger partial charge in [-0.15, -0.1) is 11.3 Å². The van der Waals surface area contributed by atoms with Gasteiger partial charge in [0.2, 0.25) is 5.78 Å². The summed E-state index contributed by atoms with van der Waals surface area (Å²) in [6, 6.07) is 7.36. The van der Waals surface area contributed by atoms with E-state index < -0.39 is 0 Å². The number of hydrogen-bond acceptors (Lipinski definition) is 4. The monoisotopic (exact) mass is 257 g/mol. The minimum Gasteiger partial charge on any atom is -0.451 e. The van der Waals surface area contributed by atoms with Crippen molar-refractivity contribution < 1.29 is 9.21 Å². The Labute approximate surface area is 108 Å². The van der Waals surface area contributed by atoms with Gasteiger partial charge in [0.05, 0.1) is 4.88 Å². The lowest BCUT2D eigenvalue weighted by molar-refractivity contribution is 0.101. The molecule has 0 spiro atoms. The lowest BCUT2D eigenvalue weighted by Gasteiger charge is -1.94. The molecule has 0 aliphatic carbocycles. The van der Waals surface area contributed by atoms with E-state index in [2.05, 4.69) is 4.98 Å². The number of aromatic nitrogens is 1. The van der Waals surface area contributed by atoms with Crippen molar-refractivity contribution in [3.63, 3.8) is 0 Å². The standard InChI is InChI=1S/C14H11NO2S/c1-8-5-6-18-14(8)13(16)12-7-10-11(17-12)4-3-9(2)15-10/h3-7H,1-2H3. The summed E-state index contributed by atoms with van der Waals surface area (Å²) in [5.41, 5.74) is 3.27. The summed E-state index contributed by atoms with van der Waals surface area (Å²) in [5.74, 6) is 0.284. The first-order valence-corrected chi connectivity index (χ1v) is 6.49. The Bertz CT molecular complexity index is 739. The summed E-state index contributed by atoms with van der Waals surface area (Å²) in [4.78, 5) is 17.3. The highest BCUT2D eigenvalue weighted by molar-refractivity contribution is 7.12. The summed E-state index contributed by atoms with van der Waals surface area (Å²) in [5, 5.41) is 1.91. The molecule has 0 N–H and O–H groups in total. The molecule has 0 saturated carbocycles. The van der Waals surface area contributed by atoms with Gasteiger partial charge in [-0.25, -0.2) is 4.98 Å². The van der Waals surface area contributed by atoms with Gasteiger partial charge in [0.1, 0.15) is 5.52 Å². The number of pyridine rings is 1. The molecule has 3 rings (SSSR count). The van der Waals surface area contributed by atoms with Gasteiger partial charge in [0, 0.05) is 11.8 Å². The third kappa shape index (κ3) is 1.75. The molecule has 4 heteroatoms. The number of carbonyl (C=O) groups excluding carboxylic acids is 1. The van der Waals surface area contributed by atoms with E-state index in [9.17, 15) is 4.79 Å². The Morgan fingerprint density at radius 3 is 2.83 bits per heavy atom. The summed E-state index contributed by atoms with van der Waals surface area (Å²) < 4.78 is 5.56. The first-order valence-electron chi connectivity index (χ1n) is 5.61. The molecule has 18 heavy (non-hydrogen) atoms. The molecule has 0 aliphatic heterocycles. The van der Waals surface area contributed by atoms with E-state index in [0.29, 0.717) is 11.3 Å². The minimum absolute atomic E-state index is 0.0712. The molecule has 0 bridgehead atoms. The van der Waals surface area contributed by atoms with E-state index in [1.807, 2.05) is 37.4 Å². The maximum atomic E-state index is 12.3. The molecule has 0 amide bonds. The highest BCUT2D eigenvalue weighted by Gasteiger charge is 2.18.